The van der Waals surface area contributed by atoms with Crippen molar-refractivity contribution in [3.05, 3.63) is 59.7 Å². The van der Waals surface area contributed by atoms with Crippen LogP contribution in [0, 0.1) is 17.6 Å². The van der Waals surface area contributed by atoms with Gasteiger partial charge in [0.1, 0.15) is 11.6 Å². The number of carboxylic acids is 1. The molecule has 2 aromatic carbocycles. The number of aliphatic carboxylic acids is 1. The molecule has 2 rings (SSSR count). The monoisotopic (exact) mass is 376 g/mol. The van der Waals surface area contributed by atoms with Gasteiger partial charge in [-0.05, 0) is 36.6 Å². The van der Waals surface area contributed by atoms with Crippen molar-refractivity contribution < 1.29 is 28.2 Å². The van der Waals surface area contributed by atoms with Gasteiger partial charge in [0.05, 0.1) is 6.10 Å². The Bertz CT molecular complexity index is 817. The minimum Gasteiger partial charge on any atom is -0.481 e. The Hall–Kier alpha value is -2.76. The van der Waals surface area contributed by atoms with Gasteiger partial charge in [0.15, 0.2) is 5.92 Å². The lowest BCUT2D eigenvalue weighted by molar-refractivity contribution is -0.162. The Labute approximate surface area is 156 Å². The molecule has 0 saturated carbocycles. The fourth-order valence-electron chi connectivity index (χ4n) is 2.76. The molecule has 0 aliphatic rings. The van der Waals surface area contributed by atoms with Gasteiger partial charge in [0.2, 0.25) is 0 Å². The van der Waals surface area contributed by atoms with Crippen LogP contribution in [-0.4, -0.2) is 23.1 Å². The van der Waals surface area contributed by atoms with E-state index in [1.54, 1.807) is 38.1 Å². The first-order valence-corrected chi connectivity index (χ1v) is 8.73. The van der Waals surface area contributed by atoms with Crippen LogP contribution < -0.4 is 0 Å². The number of hydrogen-bond acceptors (Lipinski definition) is 3. The third-order valence-corrected chi connectivity index (χ3v) is 4.59. The molecule has 144 valence electrons. The highest BCUT2D eigenvalue weighted by molar-refractivity contribution is 5.95. The second-order valence-corrected chi connectivity index (χ2v) is 6.51. The number of carbonyl (C=O) groups is 2. The van der Waals surface area contributed by atoms with E-state index in [1.165, 1.54) is 12.1 Å². The standard InChI is InChI=1S/C21H22F2O4/c1-4-12(2)27-21(26)19(20(24)25)13(3)14-5-7-15(8-6-14)17-10-9-16(22)11-18(17)23/h5-13,19H,4H2,1-3H3,(H,24,25). The van der Waals surface area contributed by atoms with Crippen molar-refractivity contribution in [2.24, 2.45) is 5.92 Å². The molecule has 3 unspecified atom stereocenters. The van der Waals surface area contributed by atoms with Crippen LogP contribution in [0.15, 0.2) is 42.5 Å². The fraction of sp³-hybridized carbons (Fsp3) is 0.333. The SMILES string of the molecule is CCC(C)OC(=O)C(C(=O)O)C(C)c1ccc(-c2ccc(F)cc2F)cc1. The van der Waals surface area contributed by atoms with Crippen LogP contribution in [0.5, 0.6) is 0 Å². The number of carboxylic acid groups (broad SMARTS) is 1. The Kier molecular flexibility index (Phi) is 6.66. The number of rotatable bonds is 7. The van der Waals surface area contributed by atoms with Crippen molar-refractivity contribution in [2.45, 2.75) is 39.2 Å². The summed E-state index contributed by atoms with van der Waals surface area (Å²) in [5.74, 6) is -5.36. The molecule has 0 heterocycles. The van der Waals surface area contributed by atoms with E-state index in [-0.39, 0.29) is 11.7 Å². The van der Waals surface area contributed by atoms with Gasteiger partial charge in [-0.15, -0.1) is 0 Å². The van der Waals surface area contributed by atoms with Crippen molar-refractivity contribution in [3.63, 3.8) is 0 Å². The molecule has 2 aromatic rings. The van der Waals surface area contributed by atoms with E-state index in [1.807, 2.05) is 6.92 Å². The molecule has 0 saturated heterocycles. The second kappa shape index (κ2) is 8.75. The summed E-state index contributed by atoms with van der Waals surface area (Å²) in [6.07, 6.45) is 0.222. The lowest BCUT2D eigenvalue weighted by Crippen LogP contribution is -2.32. The molecule has 0 amide bonds. The first-order valence-electron chi connectivity index (χ1n) is 8.73. The number of hydrogen-bond donors (Lipinski definition) is 1. The fourth-order valence-corrected chi connectivity index (χ4v) is 2.76. The van der Waals surface area contributed by atoms with Crippen LogP contribution in [0.1, 0.15) is 38.7 Å². The third kappa shape index (κ3) is 4.90. The Morgan fingerprint density at radius 2 is 1.70 bits per heavy atom. The smallest absolute Gasteiger partial charge is 0.321 e. The highest BCUT2D eigenvalue weighted by atomic mass is 19.1. The normalized spacial score (nSPS) is 14.3. The first-order chi connectivity index (χ1) is 12.7. The number of carbonyl (C=O) groups excluding carboxylic acids is 1. The zero-order chi connectivity index (χ0) is 20.1. The predicted molar refractivity (Wildman–Crippen MR) is 97.2 cm³/mol. The van der Waals surface area contributed by atoms with Crippen LogP contribution in [0.4, 0.5) is 8.78 Å². The molecule has 0 fully saturated rings. The van der Waals surface area contributed by atoms with Gasteiger partial charge in [-0.3, -0.25) is 9.59 Å². The van der Waals surface area contributed by atoms with E-state index in [0.29, 0.717) is 17.5 Å². The molecule has 0 aliphatic heterocycles. The van der Waals surface area contributed by atoms with Crippen molar-refractivity contribution in [3.8, 4) is 11.1 Å². The summed E-state index contributed by atoms with van der Waals surface area (Å²) in [7, 11) is 0. The molecule has 4 nitrogen and oxygen atoms in total. The lowest BCUT2D eigenvalue weighted by Gasteiger charge is -2.21. The highest BCUT2D eigenvalue weighted by Gasteiger charge is 2.35. The van der Waals surface area contributed by atoms with Crippen LogP contribution in [-0.2, 0) is 14.3 Å². The van der Waals surface area contributed by atoms with E-state index < -0.39 is 35.4 Å². The van der Waals surface area contributed by atoms with Crippen LogP contribution in [0.3, 0.4) is 0 Å². The highest BCUT2D eigenvalue weighted by Crippen LogP contribution is 2.30. The minimum atomic E-state index is -1.34. The van der Waals surface area contributed by atoms with Gasteiger partial charge in [0.25, 0.3) is 0 Å². The zero-order valence-corrected chi connectivity index (χ0v) is 15.4. The quantitative estimate of drug-likeness (QED) is 0.558. The molecule has 6 heteroatoms. The van der Waals surface area contributed by atoms with Crippen LogP contribution >= 0.6 is 0 Å². The van der Waals surface area contributed by atoms with Crippen molar-refractivity contribution in [1.82, 2.24) is 0 Å². The van der Waals surface area contributed by atoms with E-state index in [4.69, 9.17) is 4.74 Å². The molecule has 0 aromatic heterocycles. The average molecular weight is 376 g/mol. The largest absolute Gasteiger partial charge is 0.481 e. The molecular weight excluding hydrogens is 354 g/mol. The second-order valence-electron chi connectivity index (χ2n) is 6.51. The van der Waals surface area contributed by atoms with E-state index in [2.05, 4.69) is 0 Å². The maximum absolute atomic E-state index is 13.9. The van der Waals surface area contributed by atoms with Gasteiger partial charge in [-0.25, -0.2) is 8.78 Å². The molecule has 3 atom stereocenters. The van der Waals surface area contributed by atoms with Gasteiger partial charge in [0, 0.05) is 17.5 Å². The minimum absolute atomic E-state index is 0.238. The molecule has 0 bridgehead atoms. The summed E-state index contributed by atoms with van der Waals surface area (Å²) < 4.78 is 32.1. The zero-order valence-electron chi connectivity index (χ0n) is 15.4. The molecule has 0 spiro atoms. The number of halogens is 2. The van der Waals surface area contributed by atoms with E-state index >= 15 is 0 Å². The molecule has 1 N–H and O–H groups in total. The Morgan fingerprint density at radius 1 is 1.07 bits per heavy atom. The number of ether oxygens (including phenoxy) is 1. The molecule has 0 aliphatic carbocycles. The summed E-state index contributed by atoms with van der Waals surface area (Å²) in [6, 6.07) is 9.80. The van der Waals surface area contributed by atoms with Gasteiger partial charge < -0.3 is 9.84 Å². The lowest BCUT2D eigenvalue weighted by atomic mass is 9.86. The maximum Gasteiger partial charge on any atom is 0.321 e. The summed E-state index contributed by atoms with van der Waals surface area (Å²) in [5.41, 5.74) is 1.37. The molecular formula is C21H22F2O4. The first kappa shape index (κ1) is 20.6. The van der Waals surface area contributed by atoms with Gasteiger partial charge in [-0.2, -0.15) is 0 Å². The molecule has 0 radical (unpaired) electrons. The summed E-state index contributed by atoms with van der Waals surface area (Å²) in [4.78, 5) is 23.9. The average Bonchev–Trinajstić information content (AvgIpc) is 2.61. The van der Waals surface area contributed by atoms with Crippen LogP contribution in [0.25, 0.3) is 11.1 Å². The van der Waals surface area contributed by atoms with Gasteiger partial charge in [-0.1, -0.05) is 38.1 Å². The van der Waals surface area contributed by atoms with E-state index in [9.17, 15) is 23.5 Å². The Morgan fingerprint density at radius 3 is 2.22 bits per heavy atom. The summed E-state index contributed by atoms with van der Waals surface area (Å²) in [5, 5.41) is 9.47. The summed E-state index contributed by atoms with van der Waals surface area (Å²) in [6.45, 7) is 5.17. The topological polar surface area (TPSA) is 63.6 Å². The summed E-state index contributed by atoms with van der Waals surface area (Å²) >= 11 is 0. The van der Waals surface area contributed by atoms with E-state index in [0.717, 1.165) is 6.07 Å². The maximum atomic E-state index is 13.9. The Balaban J connectivity index is 2.25. The number of esters is 1. The number of benzene rings is 2. The van der Waals surface area contributed by atoms with Crippen molar-refractivity contribution in [1.29, 1.82) is 0 Å². The van der Waals surface area contributed by atoms with Crippen molar-refractivity contribution in [2.75, 3.05) is 0 Å². The van der Waals surface area contributed by atoms with Crippen LogP contribution in [0.2, 0.25) is 0 Å². The van der Waals surface area contributed by atoms with Crippen molar-refractivity contribution >= 4 is 11.9 Å². The third-order valence-electron chi connectivity index (χ3n) is 4.59. The molecule has 27 heavy (non-hydrogen) atoms. The predicted octanol–water partition coefficient (Wildman–Crippen LogP) is 4.78. The van der Waals surface area contributed by atoms with Gasteiger partial charge >= 0.3 is 11.9 Å².